The van der Waals surface area contributed by atoms with Gasteiger partial charge in [0, 0.05) is 12.1 Å². The summed E-state index contributed by atoms with van der Waals surface area (Å²) < 4.78 is 11.2. The minimum atomic E-state index is -0.141. The van der Waals surface area contributed by atoms with Crippen molar-refractivity contribution in [1.29, 1.82) is 0 Å². The van der Waals surface area contributed by atoms with Gasteiger partial charge in [0.05, 0.1) is 5.56 Å². The number of amides is 1. The summed E-state index contributed by atoms with van der Waals surface area (Å²) in [5.41, 5.74) is 3.99. The summed E-state index contributed by atoms with van der Waals surface area (Å²) in [6.45, 7) is 2.75. The summed E-state index contributed by atoms with van der Waals surface area (Å²) in [5, 5.41) is 7.02. The SMILES string of the molecule is Cc1ccc(-c2noc(COc3ccccc3C(=O)NCCC3=CCCCC3)n2)cc1. The molecular formula is C25H27N3O3. The summed E-state index contributed by atoms with van der Waals surface area (Å²) >= 11 is 0. The Bertz CT molecular complexity index is 1050. The highest BCUT2D eigenvalue weighted by Gasteiger charge is 2.14. The molecule has 1 heterocycles. The Morgan fingerprint density at radius 2 is 1.97 bits per heavy atom. The second-order valence-electron chi connectivity index (χ2n) is 7.78. The van der Waals surface area contributed by atoms with Gasteiger partial charge in [-0.25, -0.2) is 0 Å². The van der Waals surface area contributed by atoms with Crippen LogP contribution in [0.2, 0.25) is 0 Å². The van der Waals surface area contributed by atoms with E-state index in [0.29, 0.717) is 29.6 Å². The van der Waals surface area contributed by atoms with Gasteiger partial charge in [-0.3, -0.25) is 4.79 Å². The third-order valence-corrected chi connectivity index (χ3v) is 5.38. The summed E-state index contributed by atoms with van der Waals surface area (Å²) in [6.07, 6.45) is 8.02. The number of aryl methyl sites for hydroxylation is 1. The van der Waals surface area contributed by atoms with Crippen LogP contribution in [0.4, 0.5) is 0 Å². The van der Waals surface area contributed by atoms with Crippen molar-refractivity contribution in [1.82, 2.24) is 15.5 Å². The van der Waals surface area contributed by atoms with Gasteiger partial charge in [-0.1, -0.05) is 58.8 Å². The fraction of sp³-hybridized carbons (Fsp3) is 0.320. The van der Waals surface area contributed by atoms with Crippen LogP contribution in [0, 0.1) is 6.92 Å². The Hall–Kier alpha value is -3.41. The second-order valence-corrected chi connectivity index (χ2v) is 7.78. The van der Waals surface area contributed by atoms with Crippen LogP contribution in [0.5, 0.6) is 5.75 Å². The topological polar surface area (TPSA) is 77.2 Å². The van der Waals surface area contributed by atoms with Crippen molar-refractivity contribution in [3.8, 4) is 17.1 Å². The molecule has 3 aromatic rings. The standard InChI is InChI=1S/C25H27N3O3/c1-18-11-13-20(14-12-18)24-27-23(31-28-24)17-30-22-10-6-5-9-21(22)25(29)26-16-15-19-7-3-2-4-8-19/h5-7,9-14H,2-4,8,15-17H2,1H3,(H,26,29). The van der Waals surface area contributed by atoms with E-state index in [1.165, 1.54) is 24.0 Å². The molecule has 0 saturated heterocycles. The maximum atomic E-state index is 12.7. The zero-order valence-electron chi connectivity index (χ0n) is 17.8. The minimum absolute atomic E-state index is 0.0933. The van der Waals surface area contributed by atoms with E-state index in [2.05, 4.69) is 21.5 Å². The van der Waals surface area contributed by atoms with E-state index in [-0.39, 0.29) is 12.5 Å². The molecule has 1 aliphatic rings. The smallest absolute Gasteiger partial charge is 0.264 e. The molecule has 4 rings (SSSR count). The maximum absolute atomic E-state index is 12.7. The number of nitrogens with zero attached hydrogens (tertiary/aromatic N) is 2. The third kappa shape index (κ3) is 5.60. The number of ether oxygens (including phenoxy) is 1. The van der Waals surface area contributed by atoms with Crippen molar-refractivity contribution in [2.75, 3.05) is 6.54 Å². The zero-order valence-corrected chi connectivity index (χ0v) is 17.8. The van der Waals surface area contributed by atoms with Crippen LogP contribution in [0.25, 0.3) is 11.4 Å². The van der Waals surface area contributed by atoms with Crippen LogP contribution < -0.4 is 10.1 Å². The van der Waals surface area contributed by atoms with Gasteiger partial charge >= 0.3 is 0 Å². The lowest BCUT2D eigenvalue weighted by Crippen LogP contribution is -2.25. The first-order valence-corrected chi connectivity index (χ1v) is 10.8. The number of benzene rings is 2. The molecular weight excluding hydrogens is 390 g/mol. The van der Waals surface area contributed by atoms with Crippen LogP contribution in [-0.2, 0) is 6.61 Å². The molecule has 1 aromatic heterocycles. The zero-order chi connectivity index (χ0) is 21.5. The number of hydrogen-bond acceptors (Lipinski definition) is 5. The number of rotatable bonds is 8. The van der Waals surface area contributed by atoms with Gasteiger partial charge in [-0.15, -0.1) is 0 Å². The molecule has 0 unspecified atom stereocenters. The van der Waals surface area contributed by atoms with E-state index in [1.807, 2.05) is 43.3 Å². The monoisotopic (exact) mass is 417 g/mol. The number of carbonyl (C=O) groups is 1. The summed E-state index contributed by atoms with van der Waals surface area (Å²) in [6, 6.07) is 15.1. The van der Waals surface area contributed by atoms with Gasteiger partial charge in [0.15, 0.2) is 6.61 Å². The average Bonchev–Trinajstić information content (AvgIpc) is 3.28. The van der Waals surface area contributed by atoms with Crippen molar-refractivity contribution < 1.29 is 14.1 Å². The van der Waals surface area contributed by atoms with Gasteiger partial charge in [0.25, 0.3) is 11.8 Å². The predicted molar refractivity (Wildman–Crippen MR) is 119 cm³/mol. The number of aromatic nitrogens is 2. The average molecular weight is 418 g/mol. The lowest BCUT2D eigenvalue weighted by atomic mass is 9.97. The molecule has 0 spiro atoms. The molecule has 1 amide bonds. The van der Waals surface area contributed by atoms with Crippen molar-refractivity contribution >= 4 is 5.91 Å². The Balaban J connectivity index is 1.34. The van der Waals surface area contributed by atoms with Crippen molar-refractivity contribution in [3.05, 3.63) is 77.2 Å². The first kappa shape index (κ1) is 20.8. The number of allylic oxidation sites excluding steroid dienone is 1. The molecule has 0 saturated carbocycles. The molecule has 1 N–H and O–H groups in total. The molecule has 6 nitrogen and oxygen atoms in total. The minimum Gasteiger partial charge on any atom is -0.483 e. The Morgan fingerprint density at radius 1 is 1.13 bits per heavy atom. The highest BCUT2D eigenvalue weighted by molar-refractivity contribution is 5.96. The maximum Gasteiger partial charge on any atom is 0.264 e. The molecule has 0 fully saturated rings. The second kappa shape index (κ2) is 10.1. The highest BCUT2D eigenvalue weighted by atomic mass is 16.5. The normalized spacial score (nSPS) is 13.5. The quantitative estimate of drug-likeness (QED) is 0.507. The highest BCUT2D eigenvalue weighted by Crippen LogP contribution is 2.22. The fourth-order valence-electron chi connectivity index (χ4n) is 3.62. The third-order valence-electron chi connectivity index (χ3n) is 5.38. The van der Waals surface area contributed by atoms with Gasteiger partial charge < -0.3 is 14.6 Å². The number of carbonyl (C=O) groups excluding carboxylic acids is 1. The van der Waals surface area contributed by atoms with E-state index in [0.717, 1.165) is 24.8 Å². The van der Waals surface area contributed by atoms with Crippen LogP contribution >= 0.6 is 0 Å². The molecule has 0 atom stereocenters. The van der Waals surface area contributed by atoms with Gasteiger partial charge in [0.2, 0.25) is 5.82 Å². The predicted octanol–water partition coefficient (Wildman–Crippen LogP) is 5.24. The van der Waals surface area contributed by atoms with Gasteiger partial charge in [-0.05, 0) is 51.2 Å². The van der Waals surface area contributed by atoms with E-state index in [4.69, 9.17) is 9.26 Å². The first-order valence-electron chi connectivity index (χ1n) is 10.8. The first-order chi connectivity index (χ1) is 15.2. The van der Waals surface area contributed by atoms with E-state index >= 15 is 0 Å². The van der Waals surface area contributed by atoms with Crippen molar-refractivity contribution in [2.24, 2.45) is 0 Å². The number of para-hydroxylation sites is 1. The van der Waals surface area contributed by atoms with Gasteiger partial charge in [-0.2, -0.15) is 4.98 Å². The van der Waals surface area contributed by atoms with Crippen LogP contribution in [0.1, 0.15) is 53.9 Å². The van der Waals surface area contributed by atoms with Crippen LogP contribution in [-0.4, -0.2) is 22.6 Å². The molecule has 160 valence electrons. The Labute approximate surface area is 182 Å². The van der Waals surface area contributed by atoms with E-state index < -0.39 is 0 Å². The van der Waals surface area contributed by atoms with Crippen LogP contribution in [0.3, 0.4) is 0 Å². The Kier molecular flexibility index (Phi) is 6.77. The summed E-state index contributed by atoms with van der Waals surface area (Å²) in [7, 11) is 0. The summed E-state index contributed by atoms with van der Waals surface area (Å²) in [4.78, 5) is 17.1. The largest absolute Gasteiger partial charge is 0.483 e. The lowest BCUT2D eigenvalue weighted by Gasteiger charge is -2.14. The van der Waals surface area contributed by atoms with E-state index in [1.54, 1.807) is 12.1 Å². The molecule has 0 aliphatic heterocycles. The molecule has 31 heavy (non-hydrogen) atoms. The molecule has 0 bridgehead atoms. The molecule has 2 aromatic carbocycles. The molecule has 1 aliphatic carbocycles. The summed E-state index contributed by atoms with van der Waals surface area (Å²) in [5.74, 6) is 1.22. The number of hydrogen-bond donors (Lipinski definition) is 1. The van der Waals surface area contributed by atoms with E-state index in [9.17, 15) is 4.79 Å². The molecule has 0 radical (unpaired) electrons. The lowest BCUT2D eigenvalue weighted by molar-refractivity contribution is 0.0948. The van der Waals surface area contributed by atoms with Crippen molar-refractivity contribution in [3.63, 3.8) is 0 Å². The van der Waals surface area contributed by atoms with Gasteiger partial charge in [0.1, 0.15) is 5.75 Å². The fourth-order valence-corrected chi connectivity index (χ4v) is 3.62. The molecule has 6 heteroatoms. The van der Waals surface area contributed by atoms with Crippen LogP contribution in [0.15, 0.2) is 64.7 Å². The Morgan fingerprint density at radius 3 is 2.77 bits per heavy atom. The van der Waals surface area contributed by atoms with Crippen molar-refractivity contribution in [2.45, 2.75) is 45.6 Å². The number of nitrogens with one attached hydrogen (secondary N) is 1.